The van der Waals surface area contributed by atoms with Crippen molar-refractivity contribution in [1.29, 1.82) is 0 Å². The van der Waals surface area contributed by atoms with Crippen molar-refractivity contribution >= 4 is 16.0 Å². The third-order valence-electron chi connectivity index (χ3n) is 3.94. The average molecular weight is 405 g/mol. The highest BCUT2D eigenvalue weighted by Gasteiger charge is 2.13. The first-order valence-electron chi connectivity index (χ1n) is 8.99. The second-order valence-electron chi connectivity index (χ2n) is 6.41. The first kappa shape index (κ1) is 21.9. The van der Waals surface area contributed by atoms with Gasteiger partial charge in [0.15, 0.2) is 5.96 Å². The van der Waals surface area contributed by atoms with Crippen LogP contribution in [0.3, 0.4) is 0 Å². The Hall–Kier alpha value is -2.42. The van der Waals surface area contributed by atoms with E-state index in [1.165, 1.54) is 7.11 Å². The molecule has 8 heteroatoms. The summed E-state index contributed by atoms with van der Waals surface area (Å²) in [6.07, 6.45) is 0. The molecule has 0 aliphatic carbocycles. The largest absolute Gasteiger partial charge is 0.383 e. The van der Waals surface area contributed by atoms with Crippen LogP contribution in [0.4, 0.5) is 0 Å². The van der Waals surface area contributed by atoms with Crippen molar-refractivity contribution in [2.24, 2.45) is 4.99 Å². The molecule has 0 bridgehead atoms. The Morgan fingerprint density at radius 1 is 1.07 bits per heavy atom. The zero-order chi connectivity index (χ0) is 20.4. The van der Waals surface area contributed by atoms with Crippen molar-refractivity contribution in [2.75, 3.05) is 34.4 Å². The zero-order valence-electron chi connectivity index (χ0n) is 16.6. The van der Waals surface area contributed by atoms with Gasteiger partial charge in [0, 0.05) is 34.3 Å². The van der Waals surface area contributed by atoms with Crippen LogP contribution in [0.1, 0.15) is 11.1 Å². The van der Waals surface area contributed by atoms with Gasteiger partial charge in [-0.25, -0.2) is 18.1 Å². The summed E-state index contributed by atoms with van der Waals surface area (Å²) in [5.74, 6) is 0.732. The van der Waals surface area contributed by atoms with Crippen molar-refractivity contribution in [2.45, 2.75) is 18.0 Å². The molecular weight excluding hydrogens is 376 g/mol. The van der Waals surface area contributed by atoms with Crippen LogP contribution in [-0.2, 0) is 27.8 Å². The molecule has 2 rings (SSSR count). The van der Waals surface area contributed by atoms with Crippen LogP contribution in [-0.4, -0.2) is 53.6 Å². The summed E-state index contributed by atoms with van der Waals surface area (Å²) in [7, 11) is 1.80. The number of hydrogen-bond donors (Lipinski definition) is 2. The number of guanidine groups is 1. The van der Waals surface area contributed by atoms with Gasteiger partial charge in [0.05, 0.1) is 18.0 Å². The van der Waals surface area contributed by atoms with E-state index in [-0.39, 0.29) is 11.4 Å². The normalized spacial score (nSPS) is 12.0. The quantitative estimate of drug-likeness (QED) is 0.378. The van der Waals surface area contributed by atoms with Crippen molar-refractivity contribution in [1.82, 2.24) is 14.9 Å². The van der Waals surface area contributed by atoms with Gasteiger partial charge in [0.25, 0.3) is 0 Å². The van der Waals surface area contributed by atoms with Crippen LogP contribution in [0.15, 0.2) is 64.5 Å². The maximum absolute atomic E-state index is 12.3. The topological polar surface area (TPSA) is 83.0 Å². The molecule has 7 nitrogen and oxygen atoms in total. The third kappa shape index (κ3) is 6.95. The Balaban J connectivity index is 2.06. The molecule has 0 spiro atoms. The molecule has 2 aromatic rings. The number of sulfonamides is 1. The number of hydrogen-bond acceptors (Lipinski definition) is 4. The van der Waals surface area contributed by atoms with Gasteiger partial charge in [-0.15, -0.1) is 0 Å². The van der Waals surface area contributed by atoms with Gasteiger partial charge in [-0.3, -0.25) is 0 Å². The highest BCUT2D eigenvalue weighted by Crippen LogP contribution is 2.12. The van der Waals surface area contributed by atoms with E-state index < -0.39 is 10.0 Å². The Morgan fingerprint density at radius 3 is 2.46 bits per heavy atom. The minimum atomic E-state index is -3.56. The van der Waals surface area contributed by atoms with E-state index in [1.807, 2.05) is 55.4 Å². The Labute approximate surface area is 167 Å². The van der Waals surface area contributed by atoms with Gasteiger partial charge < -0.3 is 15.0 Å². The molecule has 28 heavy (non-hydrogen) atoms. The lowest BCUT2D eigenvalue weighted by molar-refractivity contribution is 0.204. The van der Waals surface area contributed by atoms with Crippen molar-refractivity contribution in [3.8, 4) is 0 Å². The molecule has 0 heterocycles. The summed E-state index contributed by atoms with van der Waals surface area (Å²) >= 11 is 0. The number of ether oxygens (including phenoxy) is 1. The Bertz CT molecular complexity index is 868. The Kier molecular flexibility index (Phi) is 8.43. The maximum atomic E-state index is 12.3. The highest BCUT2D eigenvalue weighted by atomic mass is 32.2. The predicted octanol–water partition coefficient (Wildman–Crippen LogP) is 1.82. The number of aliphatic imine (C=N–C) groups is 1. The summed E-state index contributed by atoms with van der Waals surface area (Å²) in [4.78, 5) is 6.72. The second kappa shape index (κ2) is 10.8. The summed E-state index contributed by atoms with van der Waals surface area (Å²) in [6, 6.07) is 16.9. The summed E-state index contributed by atoms with van der Waals surface area (Å²) in [5, 5.41) is 3.32. The fourth-order valence-electron chi connectivity index (χ4n) is 2.47. The molecule has 0 saturated carbocycles. The lowest BCUT2D eigenvalue weighted by Gasteiger charge is -2.18. The molecular formula is C20H28N4O3S. The molecule has 0 aliphatic rings. The average Bonchev–Trinajstić information content (AvgIpc) is 2.69. The second-order valence-corrected chi connectivity index (χ2v) is 8.18. The van der Waals surface area contributed by atoms with Gasteiger partial charge in [-0.1, -0.05) is 42.5 Å². The van der Waals surface area contributed by atoms with E-state index in [9.17, 15) is 8.42 Å². The molecule has 0 fully saturated rings. The Morgan fingerprint density at radius 2 is 1.79 bits per heavy atom. The van der Waals surface area contributed by atoms with Crippen LogP contribution < -0.4 is 10.0 Å². The molecule has 0 unspecified atom stereocenters. The van der Waals surface area contributed by atoms with Crippen LogP contribution in [0.2, 0.25) is 0 Å². The van der Waals surface area contributed by atoms with Gasteiger partial charge >= 0.3 is 0 Å². The monoisotopic (exact) mass is 404 g/mol. The number of nitrogens with one attached hydrogen (secondary N) is 2. The molecule has 152 valence electrons. The van der Waals surface area contributed by atoms with Crippen LogP contribution in [0.5, 0.6) is 0 Å². The fourth-order valence-corrected chi connectivity index (χ4v) is 3.55. The first-order valence-corrected chi connectivity index (χ1v) is 10.5. The number of nitrogens with zero attached hydrogens (tertiary/aromatic N) is 2. The summed E-state index contributed by atoms with van der Waals surface area (Å²) in [5.41, 5.74) is 1.97. The minimum Gasteiger partial charge on any atom is -0.383 e. The van der Waals surface area contributed by atoms with Crippen molar-refractivity contribution in [3.63, 3.8) is 0 Å². The fraction of sp³-hybridized carbons (Fsp3) is 0.350. The van der Waals surface area contributed by atoms with E-state index in [2.05, 4.69) is 15.0 Å². The third-order valence-corrected chi connectivity index (χ3v) is 5.39. The predicted molar refractivity (Wildman–Crippen MR) is 112 cm³/mol. The lowest BCUT2D eigenvalue weighted by Crippen LogP contribution is -2.36. The van der Waals surface area contributed by atoms with Gasteiger partial charge in [0.2, 0.25) is 10.0 Å². The SMILES string of the molecule is COCCNS(=O)(=O)c1cccc(CN=C(NCc2ccccc2)N(C)C)c1. The molecule has 0 amide bonds. The zero-order valence-corrected chi connectivity index (χ0v) is 17.4. The highest BCUT2D eigenvalue weighted by molar-refractivity contribution is 7.89. The molecule has 2 N–H and O–H groups in total. The number of benzene rings is 2. The molecule has 0 aliphatic heterocycles. The first-order chi connectivity index (χ1) is 13.4. The van der Waals surface area contributed by atoms with E-state index in [4.69, 9.17) is 4.74 Å². The van der Waals surface area contributed by atoms with Crippen molar-refractivity contribution in [3.05, 3.63) is 65.7 Å². The van der Waals surface area contributed by atoms with E-state index >= 15 is 0 Å². The minimum absolute atomic E-state index is 0.222. The lowest BCUT2D eigenvalue weighted by atomic mass is 10.2. The van der Waals surface area contributed by atoms with Crippen molar-refractivity contribution < 1.29 is 13.2 Å². The summed E-state index contributed by atoms with van der Waals surface area (Å²) < 4.78 is 32.1. The molecule has 0 aromatic heterocycles. The van der Waals surface area contributed by atoms with Gasteiger partial charge in [-0.05, 0) is 23.3 Å². The molecule has 2 aromatic carbocycles. The van der Waals surface area contributed by atoms with E-state index in [0.717, 1.165) is 17.1 Å². The van der Waals surface area contributed by atoms with E-state index in [1.54, 1.807) is 18.2 Å². The number of rotatable bonds is 9. The number of methoxy groups -OCH3 is 1. The van der Waals surface area contributed by atoms with Crippen LogP contribution in [0, 0.1) is 0 Å². The molecule has 0 saturated heterocycles. The molecule has 0 atom stereocenters. The standard InChI is InChI=1S/C20H28N4O3S/c1-24(2)20(21-15-17-8-5-4-6-9-17)22-16-18-10-7-11-19(14-18)28(25,26)23-12-13-27-3/h4-11,14,23H,12-13,15-16H2,1-3H3,(H,21,22). The van der Waals surface area contributed by atoms with Gasteiger partial charge in [0.1, 0.15) is 0 Å². The van der Waals surface area contributed by atoms with Crippen LogP contribution in [0.25, 0.3) is 0 Å². The van der Waals surface area contributed by atoms with E-state index in [0.29, 0.717) is 19.7 Å². The smallest absolute Gasteiger partial charge is 0.240 e. The summed E-state index contributed by atoms with van der Waals surface area (Å²) in [6.45, 7) is 1.59. The molecule has 0 radical (unpaired) electrons. The van der Waals surface area contributed by atoms with Gasteiger partial charge in [-0.2, -0.15) is 0 Å². The maximum Gasteiger partial charge on any atom is 0.240 e. The van der Waals surface area contributed by atoms with Crippen LogP contribution >= 0.6 is 0 Å².